The summed E-state index contributed by atoms with van der Waals surface area (Å²) in [5.41, 5.74) is 1.99. The molecule has 2 aromatic rings. The molecule has 0 aromatic heterocycles. The Balaban J connectivity index is 1.97. The summed E-state index contributed by atoms with van der Waals surface area (Å²) >= 11 is 3.54. The number of benzene rings is 2. The van der Waals surface area contributed by atoms with Gasteiger partial charge in [0.15, 0.2) is 0 Å². The molecule has 0 heterocycles. The molecule has 0 bridgehead atoms. The van der Waals surface area contributed by atoms with Crippen LogP contribution >= 0.6 is 15.9 Å². The van der Waals surface area contributed by atoms with E-state index in [4.69, 9.17) is 0 Å². The van der Waals surface area contributed by atoms with Gasteiger partial charge in [0.05, 0.1) is 6.04 Å². The molecule has 2 rings (SSSR count). The Morgan fingerprint density at radius 2 is 1.76 bits per heavy atom. The first-order valence-electron chi connectivity index (χ1n) is 6.87. The number of nitrogens with one attached hydrogen (secondary N) is 1. The Bertz CT molecular complexity index is 601. The molecule has 0 aliphatic rings. The summed E-state index contributed by atoms with van der Waals surface area (Å²) in [7, 11) is 1.95. The fraction of sp³-hybridized carbons (Fsp3) is 0.235. The second-order valence-corrected chi connectivity index (χ2v) is 5.89. The Labute approximate surface area is 134 Å². The van der Waals surface area contributed by atoms with Gasteiger partial charge in [-0.15, -0.1) is 0 Å². The van der Waals surface area contributed by atoms with Crippen LogP contribution in [0.2, 0.25) is 0 Å². The van der Waals surface area contributed by atoms with E-state index in [9.17, 15) is 4.79 Å². The van der Waals surface area contributed by atoms with Crippen LogP contribution in [0, 0.1) is 0 Å². The molecule has 4 heteroatoms. The van der Waals surface area contributed by atoms with E-state index >= 15 is 0 Å². The number of carbonyl (C=O) groups excluding carboxylic acids is 1. The van der Waals surface area contributed by atoms with Gasteiger partial charge in [-0.2, -0.15) is 0 Å². The lowest BCUT2D eigenvalue weighted by Crippen LogP contribution is -2.39. The normalized spacial score (nSPS) is 12.2. The summed E-state index contributed by atoms with van der Waals surface area (Å²) < 4.78 is 1.06. The highest BCUT2D eigenvalue weighted by Crippen LogP contribution is 2.18. The van der Waals surface area contributed by atoms with Gasteiger partial charge in [0.2, 0.25) is 5.91 Å². The molecule has 0 unspecified atom stereocenters. The van der Waals surface area contributed by atoms with Gasteiger partial charge in [-0.3, -0.25) is 9.69 Å². The monoisotopic (exact) mass is 346 g/mol. The first-order valence-corrected chi connectivity index (χ1v) is 7.67. The number of nitrogens with zero attached hydrogens (tertiary/aromatic N) is 1. The van der Waals surface area contributed by atoms with Crippen molar-refractivity contribution in [3.63, 3.8) is 0 Å². The highest BCUT2D eigenvalue weighted by Gasteiger charge is 2.18. The van der Waals surface area contributed by atoms with Crippen molar-refractivity contribution < 1.29 is 4.79 Å². The van der Waals surface area contributed by atoms with Gasteiger partial charge < -0.3 is 5.32 Å². The summed E-state index contributed by atoms with van der Waals surface area (Å²) in [6.45, 7) is 2.62. The van der Waals surface area contributed by atoms with Crippen LogP contribution < -0.4 is 5.32 Å². The Morgan fingerprint density at radius 3 is 2.43 bits per heavy atom. The van der Waals surface area contributed by atoms with E-state index in [0.717, 1.165) is 10.2 Å². The SMILES string of the molecule is C[C@H](C(=O)Nc1ccccc1)N(C)Cc1ccccc1Br. The topological polar surface area (TPSA) is 32.3 Å². The highest BCUT2D eigenvalue weighted by atomic mass is 79.9. The van der Waals surface area contributed by atoms with Gasteiger partial charge >= 0.3 is 0 Å². The van der Waals surface area contributed by atoms with Crippen LogP contribution in [0.5, 0.6) is 0 Å². The van der Waals surface area contributed by atoms with Crippen molar-refractivity contribution in [1.82, 2.24) is 4.90 Å². The largest absolute Gasteiger partial charge is 0.325 e. The maximum Gasteiger partial charge on any atom is 0.241 e. The summed E-state index contributed by atoms with van der Waals surface area (Å²) in [6, 6.07) is 17.4. The number of rotatable bonds is 5. The number of para-hydroxylation sites is 1. The van der Waals surface area contributed by atoms with Gasteiger partial charge in [0.25, 0.3) is 0 Å². The average molecular weight is 347 g/mol. The van der Waals surface area contributed by atoms with Crippen molar-refractivity contribution in [3.05, 3.63) is 64.6 Å². The smallest absolute Gasteiger partial charge is 0.241 e. The van der Waals surface area contributed by atoms with Gasteiger partial charge in [-0.25, -0.2) is 0 Å². The van der Waals surface area contributed by atoms with Crippen LogP contribution in [-0.2, 0) is 11.3 Å². The lowest BCUT2D eigenvalue weighted by molar-refractivity contribution is -0.120. The molecule has 1 amide bonds. The maximum atomic E-state index is 12.3. The Kier molecular flexibility index (Phi) is 5.53. The van der Waals surface area contributed by atoms with Crippen molar-refractivity contribution in [1.29, 1.82) is 0 Å². The molecular formula is C17H19BrN2O. The molecule has 0 aliphatic heterocycles. The van der Waals surface area contributed by atoms with Crippen molar-refractivity contribution in [2.24, 2.45) is 0 Å². The molecule has 110 valence electrons. The second kappa shape index (κ2) is 7.38. The number of halogens is 1. The van der Waals surface area contributed by atoms with Crippen molar-refractivity contribution in [2.45, 2.75) is 19.5 Å². The minimum absolute atomic E-state index is 0.00393. The number of anilines is 1. The quantitative estimate of drug-likeness (QED) is 0.890. The number of hydrogen-bond acceptors (Lipinski definition) is 2. The molecule has 0 aliphatic carbocycles. The van der Waals surface area contributed by atoms with Gasteiger partial charge in [-0.05, 0) is 37.7 Å². The molecule has 2 aromatic carbocycles. The van der Waals surface area contributed by atoms with Gasteiger partial charge in [-0.1, -0.05) is 52.3 Å². The summed E-state index contributed by atoms with van der Waals surface area (Å²) in [4.78, 5) is 14.3. The van der Waals surface area contributed by atoms with Crippen LogP contribution in [0.3, 0.4) is 0 Å². The second-order valence-electron chi connectivity index (χ2n) is 5.04. The van der Waals surface area contributed by atoms with E-state index in [1.165, 1.54) is 5.56 Å². The third-order valence-corrected chi connectivity index (χ3v) is 4.23. The van der Waals surface area contributed by atoms with Crippen LogP contribution in [0.1, 0.15) is 12.5 Å². The third-order valence-electron chi connectivity index (χ3n) is 3.46. The van der Waals surface area contributed by atoms with E-state index in [1.807, 2.05) is 67.4 Å². The molecule has 0 saturated heterocycles. The molecule has 0 fully saturated rings. The predicted octanol–water partition coefficient (Wildman–Crippen LogP) is 3.91. The predicted molar refractivity (Wildman–Crippen MR) is 90.1 cm³/mol. The number of amides is 1. The fourth-order valence-electron chi connectivity index (χ4n) is 2.00. The van der Waals surface area contributed by atoms with E-state index in [1.54, 1.807) is 0 Å². The summed E-state index contributed by atoms with van der Waals surface area (Å²) in [5, 5.41) is 2.93. The van der Waals surface area contributed by atoms with Gasteiger partial charge in [0, 0.05) is 16.7 Å². The Hall–Kier alpha value is -1.65. The van der Waals surface area contributed by atoms with Crippen molar-refractivity contribution in [2.75, 3.05) is 12.4 Å². The number of carbonyl (C=O) groups is 1. The van der Waals surface area contributed by atoms with E-state index in [2.05, 4.69) is 27.3 Å². The molecule has 21 heavy (non-hydrogen) atoms. The van der Waals surface area contributed by atoms with Crippen LogP contribution in [-0.4, -0.2) is 23.9 Å². The number of likely N-dealkylation sites (N-methyl/N-ethyl adjacent to an activating group) is 1. The van der Waals surface area contributed by atoms with Crippen LogP contribution in [0.4, 0.5) is 5.69 Å². The molecule has 3 nitrogen and oxygen atoms in total. The molecule has 0 spiro atoms. The van der Waals surface area contributed by atoms with Gasteiger partial charge in [0.1, 0.15) is 0 Å². The third kappa shape index (κ3) is 4.41. The minimum atomic E-state index is -0.211. The average Bonchev–Trinajstić information content (AvgIpc) is 2.49. The fourth-order valence-corrected chi connectivity index (χ4v) is 2.41. The van der Waals surface area contributed by atoms with E-state index < -0.39 is 0 Å². The minimum Gasteiger partial charge on any atom is -0.325 e. The summed E-state index contributed by atoms with van der Waals surface area (Å²) in [5.74, 6) is -0.00393. The van der Waals surface area contributed by atoms with Crippen molar-refractivity contribution >= 4 is 27.5 Å². The lowest BCUT2D eigenvalue weighted by atomic mass is 10.2. The van der Waals surface area contributed by atoms with Crippen molar-refractivity contribution in [3.8, 4) is 0 Å². The lowest BCUT2D eigenvalue weighted by Gasteiger charge is -2.24. The molecule has 1 atom stereocenters. The van der Waals surface area contributed by atoms with Crippen LogP contribution in [0.15, 0.2) is 59.1 Å². The Morgan fingerprint density at radius 1 is 1.14 bits per heavy atom. The van der Waals surface area contributed by atoms with Crippen LogP contribution in [0.25, 0.3) is 0 Å². The molecule has 0 radical (unpaired) electrons. The van der Waals surface area contributed by atoms with E-state index in [-0.39, 0.29) is 11.9 Å². The number of hydrogen-bond donors (Lipinski definition) is 1. The molecule has 0 saturated carbocycles. The first-order chi connectivity index (χ1) is 10.1. The highest BCUT2D eigenvalue weighted by molar-refractivity contribution is 9.10. The summed E-state index contributed by atoms with van der Waals surface area (Å²) in [6.07, 6.45) is 0. The standard InChI is InChI=1S/C17H19BrN2O/c1-13(17(21)19-15-9-4-3-5-10-15)20(2)12-14-8-6-7-11-16(14)18/h3-11,13H,12H2,1-2H3,(H,19,21)/t13-/m1/s1. The zero-order chi connectivity index (χ0) is 15.2. The zero-order valence-corrected chi connectivity index (χ0v) is 13.8. The molecule has 1 N–H and O–H groups in total. The first kappa shape index (κ1) is 15.7. The molecular weight excluding hydrogens is 328 g/mol. The maximum absolute atomic E-state index is 12.3. The zero-order valence-electron chi connectivity index (χ0n) is 12.2. The van der Waals surface area contributed by atoms with E-state index in [0.29, 0.717) is 6.54 Å².